The SMILES string of the molecule is Cc1cc(NC(=O)c2cccc(C(N)=O)c2)ccc1C(=O)O. The van der Waals surface area contributed by atoms with Crippen molar-refractivity contribution in [3.05, 3.63) is 64.7 Å². The molecule has 0 radical (unpaired) electrons. The Morgan fingerprint density at radius 3 is 2.32 bits per heavy atom. The lowest BCUT2D eigenvalue weighted by Crippen LogP contribution is -2.15. The van der Waals surface area contributed by atoms with Gasteiger partial charge in [0.15, 0.2) is 0 Å². The molecule has 0 aliphatic heterocycles. The molecule has 0 heterocycles. The van der Waals surface area contributed by atoms with Gasteiger partial charge in [0, 0.05) is 16.8 Å². The van der Waals surface area contributed by atoms with E-state index >= 15 is 0 Å². The molecule has 0 bridgehead atoms. The van der Waals surface area contributed by atoms with Crippen LogP contribution in [0.3, 0.4) is 0 Å². The minimum Gasteiger partial charge on any atom is -0.478 e. The predicted molar refractivity (Wildman–Crippen MR) is 81.1 cm³/mol. The molecule has 0 spiro atoms. The predicted octanol–water partition coefficient (Wildman–Crippen LogP) is 2.04. The summed E-state index contributed by atoms with van der Waals surface area (Å²) in [6.07, 6.45) is 0. The van der Waals surface area contributed by atoms with E-state index in [0.29, 0.717) is 11.3 Å². The monoisotopic (exact) mass is 298 g/mol. The third kappa shape index (κ3) is 3.29. The van der Waals surface area contributed by atoms with Crippen LogP contribution in [0.2, 0.25) is 0 Å². The fraction of sp³-hybridized carbons (Fsp3) is 0.0625. The van der Waals surface area contributed by atoms with Gasteiger partial charge in [0.2, 0.25) is 5.91 Å². The molecule has 22 heavy (non-hydrogen) atoms. The van der Waals surface area contributed by atoms with Crippen molar-refractivity contribution in [1.82, 2.24) is 0 Å². The van der Waals surface area contributed by atoms with Crippen LogP contribution in [-0.2, 0) is 0 Å². The zero-order valence-electron chi connectivity index (χ0n) is 11.8. The number of aromatic carboxylic acids is 1. The molecule has 2 amide bonds. The van der Waals surface area contributed by atoms with E-state index in [1.807, 2.05) is 0 Å². The Bertz CT molecular complexity index is 768. The number of aryl methyl sites for hydroxylation is 1. The van der Waals surface area contributed by atoms with Crippen LogP contribution in [0.4, 0.5) is 5.69 Å². The van der Waals surface area contributed by atoms with Crippen LogP contribution in [0.1, 0.15) is 36.6 Å². The molecule has 6 nitrogen and oxygen atoms in total. The van der Waals surface area contributed by atoms with Crippen molar-refractivity contribution in [1.29, 1.82) is 0 Å². The van der Waals surface area contributed by atoms with E-state index in [2.05, 4.69) is 5.32 Å². The van der Waals surface area contributed by atoms with Crippen molar-refractivity contribution >= 4 is 23.5 Å². The van der Waals surface area contributed by atoms with Gasteiger partial charge in [0.05, 0.1) is 5.56 Å². The molecule has 0 atom stereocenters. The lowest BCUT2D eigenvalue weighted by atomic mass is 10.1. The zero-order chi connectivity index (χ0) is 16.3. The number of rotatable bonds is 4. The Balaban J connectivity index is 2.22. The first kappa shape index (κ1) is 15.2. The van der Waals surface area contributed by atoms with Crippen LogP contribution in [-0.4, -0.2) is 22.9 Å². The summed E-state index contributed by atoms with van der Waals surface area (Å²) in [5, 5.41) is 11.6. The highest BCUT2D eigenvalue weighted by molar-refractivity contribution is 6.06. The van der Waals surface area contributed by atoms with Crippen LogP contribution < -0.4 is 11.1 Å². The van der Waals surface area contributed by atoms with Crippen molar-refractivity contribution in [2.75, 3.05) is 5.32 Å². The summed E-state index contributed by atoms with van der Waals surface area (Å²) >= 11 is 0. The minimum atomic E-state index is -1.02. The molecule has 112 valence electrons. The first-order valence-corrected chi connectivity index (χ1v) is 6.43. The van der Waals surface area contributed by atoms with Crippen LogP contribution >= 0.6 is 0 Å². The molecule has 2 aromatic rings. The van der Waals surface area contributed by atoms with Gasteiger partial charge in [-0.2, -0.15) is 0 Å². The highest BCUT2D eigenvalue weighted by atomic mass is 16.4. The number of carbonyl (C=O) groups is 3. The fourth-order valence-electron chi connectivity index (χ4n) is 2.00. The molecule has 6 heteroatoms. The van der Waals surface area contributed by atoms with Crippen LogP contribution in [0.5, 0.6) is 0 Å². The van der Waals surface area contributed by atoms with E-state index in [4.69, 9.17) is 10.8 Å². The maximum Gasteiger partial charge on any atom is 0.335 e. The fourth-order valence-corrected chi connectivity index (χ4v) is 2.00. The number of carboxylic acids is 1. The van der Waals surface area contributed by atoms with Crippen molar-refractivity contribution < 1.29 is 19.5 Å². The molecule has 0 aromatic heterocycles. The topological polar surface area (TPSA) is 109 Å². The Labute approximate surface area is 126 Å². The number of benzene rings is 2. The molecule has 0 aliphatic carbocycles. The average molecular weight is 298 g/mol. The Kier molecular flexibility index (Phi) is 4.22. The van der Waals surface area contributed by atoms with Gasteiger partial charge < -0.3 is 16.2 Å². The molecule has 2 rings (SSSR count). The summed E-state index contributed by atoms with van der Waals surface area (Å²) in [4.78, 5) is 34.2. The molecule has 4 N–H and O–H groups in total. The van der Waals surface area contributed by atoms with Gasteiger partial charge in [0.1, 0.15) is 0 Å². The Hall–Kier alpha value is -3.15. The van der Waals surface area contributed by atoms with E-state index in [9.17, 15) is 14.4 Å². The number of nitrogens with two attached hydrogens (primary N) is 1. The summed E-state index contributed by atoms with van der Waals surface area (Å²) in [6, 6.07) is 10.5. The normalized spacial score (nSPS) is 10.0. The van der Waals surface area contributed by atoms with Gasteiger partial charge in [0.25, 0.3) is 5.91 Å². The highest BCUT2D eigenvalue weighted by Gasteiger charge is 2.11. The summed E-state index contributed by atoms with van der Waals surface area (Å²) in [5.74, 6) is -2.05. The molecule has 0 saturated carbocycles. The quantitative estimate of drug-likeness (QED) is 0.802. The largest absolute Gasteiger partial charge is 0.478 e. The van der Waals surface area contributed by atoms with Gasteiger partial charge in [-0.1, -0.05) is 6.07 Å². The van der Waals surface area contributed by atoms with Gasteiger partial charge in [-0.3, -0.25) is 9.59 Å². The maximum atomic E-state index is 12.1. The van der Waals surface area contributed by atoms with Crippen molar-refractivity contribution in [3.63, 3.8) is 0 Å². The lowest BCUT2D eigenvalue weighted by Gasteiger charge is -2.08. The molecular weight excluding hydrogens is 284 g/mol. The lowest BCUT2D eigenvalue weighted by molar-refractivity contribution is 0.0695. The van der Waals surface area contributed by atoms with Crippen molar-refractivity contribution in [3.8, 4) is 0 Å². The molecule has 0 saturated heterocycles. The molecular formula is C16H14N2O4. The average Bonchev–Trinajstić information content (AvgIpc) is 2.47. The highest BCUT2D eigenvalue weighted by Crippen LogP contribution is 2.16. The summed E-state index contributed by atoms with van der Waals surface area (Å²) < 4.78 is 0. The molecule has 0 unspecified atom stereocenters. The van der Waals surface area contributed by atoms with Crippen molar-refractivity contribution in [2.24, 2.45) is 5.73 Å². The summed E-state index contributed by atoms with van der Waals surface area (Å²) in [5.41, 5.74) is 6.89. The number of anilines is 1. The third-order valence-electron chi connectivity index (χ3n) is 3.12. The molecule has 2 aromatic carbocycles. The minimum absolute atomic E-state index is 0.175. The summed E-state index contributed by atoms with van der Waals surface area (Å²) in [7, 11) is 0. The van der Waals surface area contributed by atoms with Gasteiger partial charge in [-0.05, 0) is 48.9 Å². The third-order valence-corrected chi connectivity index (χ3v) is 3.12. The summed E-state index contributed by atoms with van der Waals surface area (Å²) in [6.45, 7) is 1.65. The number of carboxylic acid groups (broad SMARTS) is 1. The number of hydrogen-bond donors (Lipinski definition) is 3. The zero-order valence-corrected chi connectivity index (χ0v) is 11.8. The Morgan fingerprint density at radius 1 is 1.05 bits per heavy atom. The number of amides is 2. The number of carbonyl (C=O) groups excluding carboxylic acids is 2. The first-order valence-electron chi connectivity index (χ1n) is 6.43. The van der Waals surface area contributed by atoms with E-state index in [-0.39, 0.29) is 16.7 Å². The van der Waals surface area contributed by atoms with Crippen molar-refractivity contribution in [2.45, 2.75) is 6.92 Å². The smallest absolute Gasteiger partial charge is 0.335 e. The van der Waals surface area contributed by atoms with E-state index in [0.717, 1.165) is 0 Å². The standard InChI is InChI=1S/C16H14N2O4/c1-9-7-12(5-6-13(9)16(21)22)18-15(20)11-4-2-3-10(8-11)14(17)19/h2-8H,1H3,(H2,17,19)(H,18,20)(H,21,22). The van der Waals surface area contributed by atoms with E-state index < -0.39 is 17.8 Å². The second kappa shape index (κ2) is 6.09. The molecule has 0 fully saturated rings. The Morgan fingerprint density at radius 2 is 1.73 bits per heavy atom. The second-order valence-corrected chi connectivity index (χ2v) is 4.73. The maximum absolute atomic E-state index is 12.1. The first-order chi connectivity index (χ1) is 10.4. The number of nitrogens with one attached hydrogen (secondary N) is 1. The van der Waals surface area contributed by atoms with Gasteiger partial charge in [-0.15, -0.1) is 0 Å². The van der Waals surface area contributed by atoms with Crippen LogP contribution in [0.25, 0.3) is 0 Å². The van der Waals surface area contributed by atoms with Gasteiger partial charge in [-0.25, -0.2) is 4.79 Å². The molecule has 0 aliphatic rings. The second-order valence-electron chi connectivity index (χ2n) is 4.73. The van der Waals surface area contributed by atoms with E-state index in [1.165, 1.54) is 24.3 Å². The van der Waals surface area contributed by atoms with E-state index in [1.54, 1.807) is 25.1 Å². The number of primary amides is 1. The number of hydrogen-bond acceptors (Lipinski definition) is 3. The van der Waals surface area contributed by atoms with Gasteiger partial charge >= 0.3 is 5.97 Å². The van der Waals surface area contributed by atoms with Crippen LogP contribution in [0, 0.1) is 6.92 Å². The van der Waals surface area contributed by atoms with Crippen LogP contribution in [0.15, 0.2) is 42.5 Å².